The van der Waals surface area contributed by atoms with E-state index in [1.165, 1.54) is 25.7 Å². The standard InChI is InChI=1S/C10H18N2O/c1-12-7-6-9(11-13)8-4-2-3-5-10(8)12/h8,10,13H,2-7H2,1H3/b11-9+. The summed E-state index contributed by atoms with van der Waals surface area (Å²) in [6, 6.07) is 0.647. The van der Waals surface area contributed by atoms with Crippen LogP contribution in [-0.2, 0) is 0 Å². The lowest BCUT2D eigenvalue weighted by Gasteiger charge is -2.42. The maximum Gasteiger partial charge on any atom is 0.0629 e. The van der Waals surface area contributed by atoms with E-state index in [1.54, 1.807) is 0 Å². The average molecular weight is 182 g/mol. The summed E-state index contributed by atoms with van der Waals surface area (Å²) < 4.78 is 0. The summed E-state index contributed by atoms with van der Waals surface area (Å²) in [5.74, 6) is 0.539. The Morgan fingerprint density at radius 1 is 1.38 bits per heavy atom. The molecule has 1 aliphatic carbocycles. The molecule has 0 bridgehead atoms. The lowest BCUT2D eigenvalue weighted by atomic mass is 9.77. The van der Waals surface area contributed by atoms with Gasteiger partial charge in [0.05, 0.1) is 5.71 Å². The third-order valence-corrected chi connectivity index (χ3v) is 3.57. The van der Waals surface area contributed by atoms with Gasteiger partial charge in [-0.05, 0) is 19.9 Å². The first-order valence-electron chi connectivity index (χ1n) is 5.24. The lowest BCUT2D eigenvalue weighted by Crippen LogP contribution is -2.48. The van der Waals surface area contributed by atoms with Gasteiger partial charge < -0.3 is 10.1 Å². The summed E-state index contributed by atoms with van der Waals surface area (Å²) in [6.45, 7) is 1.06. The first-order chi connectivity index (χ1) is 6.33. The molecule has 1 saturated heterocycles. The molecule has 1 aliphatic heterocycles. The van der Waals surface area contributed by atoms with Crippen molar-refractivity contribution < 1.29 is 5.21 Å². The van der Waals surface area contributed by atoms with E-state index in [4.69, 9.17) is 5.21 Å². The number of hydrogen-bond acceptors (Lipinski definition) is 3. The number of rotatable bonds is 0. The van der Waals surface area contributed by atoms with E-state index < -0.39 is 0 Å². The van der Waals surface area contributed by atoms with Crippen LogP contribution in [0.3, 0.4) is 0 Å². The number of hydrogen-bond donors (Lipinski definition) is 1. The second-order valence-corrected chi connectivity index (χ2v) is 4.28. The summed E-state index contributed by atoms with van der Waals surface area (Å²) in [6.07, 6.45) is 6.08. The molecule has 2 atom stereocenters. The summed E-state index contributed by atoms with van der Waals surface area (Å²) in [4.78, 5) is 2.43. The van der Waals surface area contributed by atoms with Crippen molar-refractivity contribution in [3.8, 4) is 0 Å². The third-order valence-electron chi connectivity index (χ3n) is 3.57. The highest BCUT2D eigenvalue weighted by molar-refractivity contribution is 5.87. The molecule has 0 spiro atoms. The fourth-order valence-corrected chi connectivity index (χ4v) is 2.79. The van der Waals surface area contributed by atoms with E-state index in [1.807, 2.05) is 0 Å². The molecule has 2 rings (SSSR count). The highest BCUT2D eigenvalue weighted by Gasteiger charge is 2.35. The van der Waals surface area contributed by atoms with E-state index in [9.17, 15) is 0 Å². The number of fused-ring (bicyclic) bond motifs is 1. The van der Waals surface area contributed by atoms with Gasteiger partial charge in [-0.25, -0.2) is 0 Å². The first kappa shape index (κ1) is 9.00. The molecule has 3 nitrogen and oxygen atoms in total. The fourth-order valence-electron chi connectivity index (χ4n) is 2.79. The molecule has 2 aliphatic rings. The zero-order valence-corrected chi connectivity index (χ0v) is 8.24. The van der Waals surface area contributed by atoms with Gasteiger partial charge in [0.15, 0.2) is 0 Å². The van der Waals surface area contributed by atoms with Crippen molar-refractivity contribution in [1.82, 2.24) is 4.90 Å². The topological polar surface area (TPSA) is 35.8 Å². The van der Waals surface area contributed by atoms with Gasteiger partial charge in [0.1, 0.15) is 0 Å². The van der Waals surface area contributed by atoms with Crippen LogP contribution in [0.2, 0.25) is 0 Å². The Hall–Kier alpha value is -0.570. The molecule has 1 N–H and O–H groups in total. The van der Waals surface area contributed by atoms with Gasteiger partial charge in [-0.2, -0.15) is 0 Å². The van der Waals surface area contributed by atoms with Gasteiger partial charge in [0, 0.05) is 24.9 Å². The van der Waals surface area contributed by atoms with Gasteiger partial charge in [0.2, 0.25) is 0 Å². The number of likely N-dealkylation sites (tertiary alicyclic amines) is 1. The zero-order valence-electron chi connectivity index (χ0n) is 8.24. The molecule has 0 amide bonds. The van der Waals surface area contributed by atoms with Crippen LogP contribution in [0.1, 0.15) is 32.1 Å². The Balaban J connectivity index is 2.14. The summed E-state index contributed by atoms with van der Waals surface area (Å²) in [7, 11) is 2.19. The van der Waals surface area contributed by atoms with Gasteiger partial charge in [-0.1, -0.05) is 18.0 Å². The minimum Gasteiger partial charge on any atom is -0.411 e. The van der Waals surface area contributed by atoms with Crippen LogP contribution in [0.4, 0.5) is 0 Å². The van der Waals surface area contributed by atoms with Crippen molar-refractivity contribution in [3.05, 3.63) is 0 Å². The van der Waals surface area contributed by atoms with Crippen LogP contribution in [-0.4, -0.2) is 35.5 Å². The van der Waals surface area contributed by atoms with Crippen LogP contribution in [0.25, 0.3) is 0 Å². The van der Waals surface area contributed by atoms with Crippen molar-refractivity contribution in [2.24, 2.45) is 11.1 Å². The molecule has 2 fully saturated rings. The summed E-state index contributed by atoms with van der Waals surface area (Å²) in [5, 5.41) is 12.3. The van der Waals surface area contributed by atoms with Gasteiger partial charge in [-0.15, -0.1) is 0 Å². The lowest BCUT2D eigenvalue weighted by molar-refractivity contribution is 0.143. The Morgan fingerprint density at radius 3 is 2.92 bits per heavy atom. The van der Waals surface area contributed by atoms with E-state index in [0.29, 0.717) is 12.0 Å². The van der Waals surface area contributed by atoms with Crippen LogP contribution >= 0.6 is 0 Å². The Bertz CT molecular complexity index is 215. The van der Waals surface area contributed by atoms with Gasteiger partial charge in [0.25, 0.3) is 0 Å². The molecule has 1 saturated carbocycles. The quantitative estimate of drug-likeness (QED) is 0.457. The van der Waals surface area contributed by atoms with Crippen LogP contribution in [0, 0.1) is 5.92 Å². The van der Waals surface area contributed by atoms with Crippen molar-refractivity contribution in [2.45, 2.75) is 38.1 Å². The highest BCUT2D eigenvalue weighted by atomic mass is 16.4. The van der Waals surface area contributed by atoms with Gasteiger partial charge >= 0.3 is 0 Å². The number of nitrogens with zero attached hydrogens (tertiary/aromatic N) is 2. The van der Waals surface area contributed by atoms with Crippen molar-refractivity contribution >= 4 is 5.71 Å². The third kappa shape index (κ3) is 1.57. The predicted molar refractivity (Wildman–Crippen MR) is 52.2 cm³/mol. The molecule has 3 heteroatoms. The highest BCUT2D eigenvalue weighted by Crippen LogP contribution is 2.32. The van der Waals surface area contributed by atoms with E-state index in [2.05, 4.69) is 17.1 Å². The van der Waals surface area contributed by atoms with Crippen LogP contribution < -0.4 is 0 Å². The smallest absolute Gasteiger partial charge is 0.0629 e. The Morgan fingerprint density at radius 2 is 2.15 bits per heavy atom. The van der Waals surface area contributed by atoms with E-state index in [0.717, 1.165) is 18.7 Å². The van der Waals surface area contributed by atoms with E-state index >= 15 is 0 Å². The fraction of sp³-hybridized carbons (Fsp3) is 0.900. The van der Waals surface area contributed by atoms with Gasteiger partial charge in [-0.3, -0.25) is 0 Å². The minimum absolute atomic E-state index is 0.539. The van der Waals surface area contributed by atoms with E-state index in [-0.39, 0.29) is 0 Å². The largest absolute Gasteiger partial charge is 0.411 e. The molecule has 0 radical (unpaired) electrons. The maximum atomic E-state index is 8.89. The second-order valence-electron chi connectivity index (χ2n) is 4.28. The maximum absolute atomic E-state index is 8.89. The van der Waals surface area contributed by atoms with Crippen molar-refractivity contribution in [1.29, 1.82) is 0 Å². The summed E-state index contributed by atoms with van der Waals surface area (Å²) in [5.41, 5.74) is 1.04. The number of oxime groups is 1. The monoisotopic (exact) mass is 182 g/mol. The van der Waals surface area contributed by atoms with Crippen molar-refractivity contribution in [3.63, 3.8) is 0 Å². The minimum atomic E-state index is 0.539. The molecule has 0 aromatic rings. The second kappa shape index (κ2) is 3.66. The Kier molecular flexibility index (Phi) is 2.54. The summed E-state index contributed by atoms with van der Waals surface area (Å²) >= 11 is 0. The molecule has 2 unspecified atom stereocenters. The molecular weight excluding hydrogens is 164 g/mol. The number of piperidine rings is 1. The normalized spacial score (nSPS) is 39.0. The van der Waals surface area contributed by atoms with Crippen LogP contribution in [0.5, 0.6) is 0 Å². The van der Waals surface area contributed by atoms with Crippen LogP contribution in [0.15, 0.2) is 5.16 Å². The SMILES string of the molecule is CN1CC/C(=N\O)C2CCCCC21. The zero-order chi connectivity index (χ0) is 9.26. The van der Waals surface area contributed by atoms with Crippen molar-refractivity contribution in [2.75, 3.05) is 13.6 Å². The molecule has 13 heavy (non-hydrogen) atoms. The molecule has 1 heterocycles. The first-order valence-corrected chi connectivity index (χ1v) is 5.24. The Labute approximate surface area is 79.4 Å². The molecular formula is C10H18N2O. The molecule has 74 valence electrons. The molecule has 0 aromatic carbocycles. The predicted octanol–water partition coefficient (Wildman–Crippen LogP) is 1.71. The molecule has 0 aromatic heterocycles. The average Bonchev–Trinajstić information content (AvgIpc) is 2.19.